The zero-order chi connectivity index (χ0) is 29.2. The van der Waals surface area contributed by atoms with Gasteiger partial charge in [-0.25, -0.2) is 4.79 Å². The zero-order valence-corrected chi connectivity index (χ0v) is 25.3. The summed E-state index contributed by atoms with van der Waals surface area (Å²) in [6.07, 6.45) is 12.3. The molecule has 41 heavy (non-hydrogen) atoms. The number of aryl methyl sites for hydroxylation is 1. The van der Waals surface area contributed by atoms with E-state index in [4.69, 9.17) is 9.47 Å². The molecule has 0 unspecified atom stereocenters. The molecule has 0 aromatic heterocycles. The van der Waals surface area contributed by atoms with Crippen LogP contribution in [0.15, 0.2) is 60.7 Å². The number of aliphatic hydroxyl groups is 1. The molecule has 3 aromatic carbocycles. The Hall–Kier alpha value is -3.11. The predicted octanol–water partition coefficient (Wildman–Crippen LogP) is 8.96. The van der Waals surface area contributed by atoms with Crippen LogP contribution in [0.25, 0.3) is 21.9 Å². The van der Waals surface area contributed by atoms with E-state index < -0.39 is 5.97 Å². The summed E-state index contributed by atoms with van der Waals surface area (Å²) in [6, 6.07) is 18.0. The molecule has 0 radical (unpaired) electrons. The molecule has 220 valence electrons. The Balaban J connectivity index is 1.52. The van der Waals surface area contributed by atoms with Crippen molar-refractivity contribution in [3.05, 3.63) is 77.4 Å². The Morgan fingerprint density at radius 1 is 0.927 bits per heavy atom. The highest BCUT2D eigenvalue weighted by molar-refractivity contribution is 5.90. The van der Waals surface area contributed by atoms with Crippen LogP contribution in [0.1, 0.15) is 94.7 Å². The van der Waals surface area contributed by atoms with Crippen molar-refractivity contribution in [1.29, 1.82) is 0 Å². The minimum absolute atomic E-state index is 0.0410. The summed E-state index contributed by atoms with van der Waals surface area (Å²) in [5.41, 5.74) is 6.40. The molecule has 1 fully saturated rings. The first-order valence-corrected chi connectivity index (χ1v) is 15.7. The van der Waals surface area contributed by atoms with Gasteiger partial charge in [0.1, 0.15) is 19.0 Å². The molecular weight excluding hydrogens is 508 g/mol. The van der Waals surface area contributed by atoms with E-state index in [1.54, 1.807) is 6.92 Å². The Bertz CT molecular complexity index is 1320. The van der Waals surface area contributed by atoms with Gasteiger partial charge in [-0.1, -0.05) is 82.5 Å². The molecule has 0 amide bonds. The molecular formula is C37H48O4. The van der Waals surface area contributed by atoms with Crippen LogP contribution in [-0.4, -0.2) is 30.9 Å². The van der Waals surface area contributed by atoms with Crippen molar-refractivity contribution in [2.24, 2.45) is 5.92 Å². The summed E-state index contributed by atoms with van der Waals surface area (Å²) in [5.74, 6) is 1.90. The van der Waals surface area contributed by atoms with E-state index in [0.29, 0.717) is 23.7 Å². The summed E-state index contributed by atoms with van der Waals surface area (Å²) < 4.78 is 11.2. The van der Waals surface area contributed by atoms with Crippen LogP contribution < -0.4 is 4.74 Å². The topological polar surface area (TPSA) is 55.8 Å². The van der Waals surface area contributed by atoms with Gasteiger partial charge >= 0.3 is 5.97 Å². The van der Waals surface area contributed by atoms with Gasteiger partial charge in [0.05, 0.1) is 0 Å². The summed E-state index contributed by atoms with van der Waals surface area (Å²) in [5, 5.41) is 12.1. The van der Waals surface area contributed by atoms with Gasteiger partial charge in [-0.15, -0.1) is 0 Å². The first-order chi connectivity index (χ1) is 19.9. The fourth-order valence-corrected chi connectivity index (χ4v) is 6.24. The van der Waals surface area contributed by atoms with E-state index >= 15 is 0 Å². The fourth-order valence-electron chi connectivity index (χ4n) is 6.24. The quantitative estimate of drug-likeness (QED) is 0.122. The lowest BCUT2D eigenvalue weighted by Crippen LogP contribution is -2.13. The van der Waals surface area contributed by atoms with Crippen molar-refractivity contribution >= 4 is 16.7 Å². The minimum atomic E-state index is -0.417. The van der Waals surface area contributed by atoms with Crippen LogP contribution >= 0.6 is 0 Å². The van der Waals surface area contributed by atoms with Crippen molar-refractivity contribution < 1.29 is 19.4 Å². The second kappa shape index (κ2) is 15.2. The van der Waals surface area contributed by atoms with Crippen molar-refractivity contribution in [2.45, 2.75) is 90.9 Å². The molecule has 0 atom stereocenters. The van der Waals surface area contributed by atoms with E-state index in [0.717, 1.165) is 23.5 Å². The number of hydrogen-bond donors (Lipinski definition) is 1. The third kappa shape index (κ3) is 8.23. The number of aliphatic hydroxyl groups excluding tert-OH is 1. The highest BCUT2D eigenvalue weighted by atomic mass is 16.6. The number of fused-ring (bicyclic) bond motifs is 1. The molecule has 0 bridgehead atoms. The van der Waals surface area contributed by atoms with E-state index in [9.17, 15) is 9.90 Å². The minimum Gasteiger partial charge on any atom is -0.490 e. The van der Waals surface area contributed by atoms with Gasteiger partial charge in [0, 0.05) is 12.2 Å². The SMILES string of the molecule is C=C(C)C(=O)OCCOc1cc(-c2cc3ccc(C4CCC(CCCCC)CC4)cc3cc2CC)ccc1CCO. The van der Waals surface area contributed by atoms with Gasteiger partial charge in [-0.3, -0.25) is 0 Å². The van der Waals surface area contributed by atoms with Gasteiger partial charge in [-0.05, 0) is 108 Å². The van der Waals surface area contributed by atoms with E-state index in [-0.39, 0.29) is 19.8 Å². The van der Waals surface area contributed by atoms with Crippen molar-refractivity contribution in [3.8, 4) is 16.9 Å². The molecule has 1 aliphatic carbocycles. The molecule has 1 N–H and O–H groups in total. The fraction of sp³-hybridized carbons (Fsp3) is 0.486. The van der Waals surface area contributed by atoms with E-state index in [1.807, 2.05) is 6.07 Å². The number of hydrogen-bond acceptors (Lipinski definition) is 4. The first kappa shape index (κ1) is 30.8. The summed E-state index contributed by atoms with van der Waals surface area (Å²) in [7, 11) is 0. The van der Waals surface area contributed by atoms with E-state index in [2.05, 4.69) is 62.9 Å². The maximum atomic E-state index is 11.7. The van der Waals surface area contributed by atoms with Gasteiger partial charge < -0.3 is 14.6 Å². The van der Waals surface area contributed by atoms with Crippen LogP contribution in [0, 0.1) is 5.92 Å². The number of rotatable bonds is 14. The second-order valence-electron chi connectivity index (χ2n) is 11.7. The van der Waals surface area contributed by atoms with Crippen molar-refractivity contribution in [1.82, 2.24) is 0 Å². The number of ether oxygens (including phenoxy) is 2. The van der Waals surface area contributed by atoms with Gasteiger partial charge in [-0.2, -0.15) is 0 Å². The van der Waals surface area contributed by atoms with Gasteiger partial charge in [0.2, 0.25) is 0 Å². The number of carbonyl (C=O) groups is 1. The molecule has 1 saturated carbocycles. The van der Waals surface area contributed by atoms with Crippen molar-refractivity contribution in [3.63, 3.8) is 0 Å². The third-order valence-electron chi connectivity index (χ3n) is 8.68. The number of esters is 1. The summed E-state index contributed by atoms with van der Waals surface area (Å²) in [6.45, 7) is 10.2. The average Bonchev–Trinajstić information content (AvgIpc) is 2.99. The van der Waals surface area contributed by atoms with E-state index in [1.165, 1.54) is 78.8 Å². The van der Waals surface area contributed by atoms with Gasteiger partial charge in [0.25, 0.3) is 0 Å². The molecule has 1 aliphatic rings. The normalized spacial score (nSPS) is 17.0. The molecule has 4 nitrogen and oxygen atoms in total. The van der Waals surface area contributed by atoms with Gasteiger partial charge in [0.15, 0.2) is 0 Å². The highest BCUT2D eigenvalue weighted by Gasteiger charge is 2.22. The molecule has 4 rings (SSSR count). The van der Waals surface area contributed by atoms with Crippen LogP contribution in [0.5, 0.6) is 5.75 Å². The molecule has 3 aromatic rings. The number of unbranched alkanes of at least 4 members (excludes halogenated alkanes) is 2. The predicted molar refractivity (Wildman–Crippen MR) is 170 cm³/mol. The Morgan fingerprint density at radius 3 is 2.44 bits per heavy atom. The maximum Gasteiger partial charge on any atom is 0.333 e. The Labute approximate surface area is 246 Å². The van der Waals surface area contributed by atoms with Crippen molar-refractivity contribution in [2.75, 3.05) is 19.8 Å². The van der Waals surface area contributed by atoms with Crippen LogP contribution in [-0.2, 0) is 22.4 Å². The number of carbonyl (C=O) groups excluding carboxylic acids is 1. The molecule has 0 saturated heterocycles. The summed E-state index contributed by atoms with van der Waals surface area (Å²) >= 11 is 0. The lowest BCUT2D eigenvalue weighted by Gasteiger charge is -2.29. The Kier molecular flexibility index (Phi) is 11.4. The standard InChI is InChI=1S/C37H48O4/c1-5-7-8-9-27-10-12-29(13-11-27)31-15-16-32-24-35(28(6-2)22-34(32)23-31)33-17-14-30(18-19-38)36(25-33)40-20-21-41-37(39)26(3)4/h14-17,22-25,27,29,38H,3,5-13,18-21H2,1-2,4H3. The smallest absolute Gasteiger partial charge is 0.333 e. The molecule has 0 aliphatic heterocycles. The maximum absolute atomic E-state index is 11.7. The monoisotopic (exact) mass is 556 g/mol. The second-order valence-corrected chi connectivity index (χ2v) is 11.7. The summed E-state index contributed by atoms with van der Waals surface area (Å²) in [4.78, 5) is 11.7. The van der Waals surface area contributed by atoms with Crippen LogP contribution in [0.3, 0.4) is 0 Å². The average molecular weight is 557 g/mol. The molecule has 4 heteroatoms. The molecule has 0 heterocycles. The lowest BCUT2D eigenvalue weighted by molar-refractivity contribution is -0.139. The zero-order valence-electron chi connectivity index (χ0n) is 25.3. The molecule has 0 spiro atoms. The van der Waals surface area contributed by atoms with Crippen LogP contribution in [0.4, 0.5) is 0 Å². The van der Waals surface area contributed by atoms with Crippen LogP contribution in [0.2, 0.25) is 0 Å². The number of benzene rings is 3. The lowest BCUT2D eigenvalue weighted by atomic mass is 9.76. The largest absolute Gasteiger partial charge is 0.490 e. The highest BCUT2D eigenvalue weighted by Crippen LogP contribution is 2.40. The first-order valence-electron chi connectivity index (χ1n) is 15.7. The third-order valence-corrected chi connectivity index (χ3v) is 8.68. The Morgan fingerprint density at radius 2 is 1.73 bits per heavy atom.